The van der Waals surface area contributed by atoms with Crippen molar-refractivity contribution in [1.29, 1.82) is 0 Å². The van der Waals surface area contributed by atoms with E-state index in [0.717, 1.165) is 12.8 Å². The number of morpholine rings is 1. The molecule has 0 aliphatic carbocycles. The predicted molar refractivity (Wildman–Crippen MR) is 61.9 cm³/mol. The largest absolute Gasteiger partial charge is 0.469 e. The number of rotatable bonds is 3. The van der Waals surface area contributed by atoms with Gasteiger partial charge in [0.2, 0.25) is 0 Å². The summed E-state index contributed by atoms with van der Waals surface area (Å²) in [7, 11) is 1.35. The van der Waals surface area contributed by atoms with Gasteiger partial charge in [-0.2, -0.15) is 0 Å². The topological polar surface area (TPSA) is 65.1 Å². The van der Waals surface area contributed by atoms with Crippen molar-refractivity contribution in [1.82, 2.24) is 4.90 Å². The Bertz CT molecular complexity index is 314. The molecule has 2 aliphatic heterocycles. The molecular weight excluding hydrogens is 238 g/mol. The zero-order valence-electron chi connectivity index (χ0n) is 10.6. The first-order chi connectivity index (χ1) is 8.70. The molecule has 1 amide bonds. The Hall–Kier alpha value is -1.14. The molecule has 0 radical (unpaired) electrons. The van der Waals surface area contributed by atoms with Gasteiger partial charge >= 0.3 is 5.97 Å². The van der Waals surface area contributed by atoms with Gasteiger partial charge in [0.05, 0.1) is 26.2 Å². The highest BCUT2D eigenvalue weighted by atomic mass is 16.5. The van der Waals surface area contributed by atoms with Gasteiger partial charge in [-0.25, -0.2) is 0 Å². The second-order valence-electron chi connectivity index (χ2n) is 4.56. The first-order valence-corrected chi connectivity index (χ1v) is 6.29. The summed E-state index contributed by atoms with van der Waals surface area (Å²) in [5.41, 5.74) is 0. The number of hydrogen-bond donors (Lipinski definition) is 0. The molecule has 0 aromatic heterocycles. The summed E-state index contributed by atoms with van der Waals surface area (Å²) in [5.74, 6) is -0.294. The first kappa shape index (κ1) is 13.3. The smallest absolute Gasteiger partial charge is 0.308 e. The Morgan fingerprint density at radius 3 is 2.83 bits per heavy atom. The van der Waals surface area contributed by atoms with Crippen molar-refractivity contribution in [3.8, 4) is 0 Å². The van der Waals surface area contributed by atoms with Crippen molar-refractivity contribution >= 4 is 11.9 Å². The molecule has 6 nitrogen and oxygen atoms in total. The molecule has 0 saturated carbocycles. The van der Waals surface area contributed by atoms with Gasteiger partial charge in [0.15, 0.2) is 0 Å². The van der Waals surface area contributed by atoms with Crippen LogP contribution in [-0.4, -0.2) is 62.4 Å². The highest BCUT2D eigenvalue weighted by Crippen LogP contribution is 2.17. The van der Waals surface area contributed by atoms with Gasteiger partial charge in [0.25, 0.3) is 5.91 Å². The monoisotopic (exact) mass is 257 g/mol. The number of amides is 1. The molecule has 2 heterocycles. The van der Waals surface area contributed by atoms with Crippen LogP contribution in [0.4, 0.5) is 0 Å². The summed E-state index contributed by atoms with van der Waals surface area (Å²) in [4.78, 5) is 25.0. The molecule has 0 bridgehead atoms. The van der Waals surface area contributed by atoms with Crippen LogP contribution in [0.25, 0.3) is 0 Å². The quantitative estimate of drug-likeness (QED) is 0.664. The minimum atomic E-state index is -0.314. The maximum atomic E-state index is 12.1. The van der Waals surface area contributed by atoms with Crippen LogP contribution >= 0.6 is 0 Å². The van der Waals surface area contributed by atoms with Crippen molar-refractivity contribution in [3.05, 3.63) is 0 Å². The fourth-order valence-electron chi connectivity index (χ4n) is 2.29. The molecule has 0 aromatic rings. The van der Waals surface area contributed by atoms with Crippen LogP contribution in [0, 0.1) is 0 Å². The van der Waals surface area contributed by atoms with E-state index < -0.39 is 0 Å². The Morgan fingerprint density at radius 2 is 2.17 bits per heavy atom. The number of nitrogens with zero attached hydrogens (tertiary/aromatic N) is 1. The van der Waals surface area contributed by atoms with Crippen LogP contribution in [0.1, 0.15) is 19.3 Å². The number of esters is 1. The van der Waals surface area contributed by atoms with Gasteiger partial charge in [0, 0.05) is 19.7 Å². The standard InChI is InChI=1S/C12H19NO5/c1-16-11(14)7-9-8-13(4-6-17-9)12(15)10-3-2-5-18-10/h9-10H,2-8H2,1H3/t9?,10-/m1/s1. The lowest BCUT2D eigenvalue weighted by Crippen LogP contribution is -2.49. The summed E-state index contributed by atoms with van der Waals surface area (Å²) >= 11 is 0. The van der Waals surface area contributed by atoms with E-state index in [-0.39, 0.29) is 30.5 Å². The van der Waals surface area contributed by atoms with E-state index >= 15 is 0 Å². The summed E-state index contributed by atoms with van der Waals surface area (Å²) in [6.45, 7) is 2.12. The lowest BCUT2D eigenvalue weighted by Gasteiger charge is -2.33. The molecule has 2 fully saturated rings. The molecule has 2 aliphatic rings. The summed E-state index contributed by atoms with van der Waals surface area (Å²) in [5, 5.41) is 0. The third-order valence-corrected chi connectivity index (χ3v) is 3.28. The average molecular weight is 257 g/mol. The van der Waals surface area contributed by atoms with Gasteiger partial charge in [-0.15, -0.1) is 0 Å². The lowest BCUT2D eigenvalue weighted by molar-refractivity contribution is -0.154. The molecular formula is C12H19NO5. The maximum Gasteiger partial charge on any atom is 0.308 e. The Kier molecular flexibility index (Phi) is 4.54. The highest BCUT2D eigenvalue weighted by Gasteiger charge is 2.32. The van der Waals surface area contributed by atoms with E-state index in [9.17, 15) is 9.59 Å². The molecule has 2 atom stereocenters. The molecule has 6 heteroatoms. The van der Waals surface area contributed by atoms with Crippen LogP contribution in [0.2, 0.25) is 0 Å². The summed E-state index contributed by atoms with van der Waals surface area (Å²) < 4.78 is 15.4. The van der Waals surface area contributed by atoms with E-state index in [2.05, 4.69) is 4.74 Å². The number of carbonyl (C=O) groups is 2. The van der Waals surface area contributed by atoms with E-state index in [4.69, 9.17) is 9.47 Å². The second-order valence-corrected chi connectivity index (χ2v) is 4.56. The van der Waals surface area contributed by atoms with Gasteiger partial charge in [-0.3, -0.25) is 9.59 Å². The second kappa shape index (κ2) is 6.15. The molecule has 18 heavy (non-hydrogen) atoms. The molecule has 2 saturated heterocycles. The average Bonchev–Trinajstić information content (AvgIpc) is 2.92. The van der Waals surface area contributed by atoms with E-state index in [1.54, 1.807) is 4.90 Å². The molecule has 2 rings (SSSR count). The van der Waals surface area contributed by atoms with Gasteiger partial charge < -0.3 is 19.1 Å². The van der Waals surface area contributed by atoms with Gasteiger partial charge in [-0.1, -0.05) is 0 Å². The van der Waals surface area contributed by atoms with E-state index in [1.807, 2.05) is 0 Å². The predicted octanol–water partition coefficient (Wildman–Crippen LogP) is -0.0441. The van der Waals surface area contributed by atoms with Gasteiger partial charge in [0.1, 0.15) is 6.10 Å². The minimum Gasteiger partial charge on any atom is -0.469 e. The highest BCUT2D eigenvalue weighted by molar-refractivity contribution is 5.81. The van der Waals surface area contributed by atoms with Crippen molar-refractivity contribution in [2.75, 3.05) is 33.4 Å². The number of hydrogen-bond acceptors (Lipinski definition) is 5. The van der Waals surface area contributed by atoms with Crippen molar-refractivity contribution in [2.45, 2.75) is 31.5 Å². The fraction of sp³-hybridized carbons (Fsp3) is 0.833. The van der Waals surface area contributed by atoms with Crippen molar-refractivity contribution in [3.63, 3.8) is 0 Å². The number of carbonyl (C=O) groups excluding carboxylic acids is 2. The van der Waals surface area contributed by atoms with Crippen molar-refractivity contribution < 1.29 is 23.8 Å². The van der Waals surface area contributed by atoms with Gasteiger partial charge in [-0.05, 0) is 12.8 Å². The number of methoxy groups -OCH3 is 1. The third kappa shape index (κ3) is 3.20. The SMILES string of the molecule is COC(=O)CC1CN(C(=O)[C@H]2CCCO2)CCO1. The number of ether oxygens (including phenoxy) is 3. The summed E-state index contributed by atoms with van der Waals surface area (Å²) in [6.07, 6.45) is 1.34. The van der Waals surface area contributed by atoms with Crippen molar-refractivity contribution in [2.24, 2.45) is 0 Å². The van der Waals surface area contributed by atoms with Crippen LogP contribution < -0.4 is 0 Å². The fourth-order valence-corrected chi connectivity index (χ4v) is 2.29. The third-order valence-electron chi connectivity index (χ3n) is 3.28. The maximum absolute atomic E-state index is 12.1. The molecule has 0 aromatic carbocycles. The normalized spacial score (nSPS) is 28.2. The minimum absolute atomic E-state index is 0.0191. The van der Waals surface area contributed by atoms with Crippen LogP contribution in [-0.2, 0) is 23.8 Å². The lowest BCUT2D eigenvalue weighted by atomic mass is 10.1. The zero-order chi connectivity index (χ0) is 13.0. The Labute approximate surface area is 106 Å². The summed E-state index contributed by atoms with van der Waals surface area (Å²) in [6, 6.07) is 0. The zero-order valence-corrected chi connectivity index (χ0v) is 10.6. The van der Waals surface area contributed by atoms with Crippen LogP contribution in [0.15, 0.2) is 0 Å². The Balaban J connectivity index is 1.85. The van der Waals surface area contributed by atoms with E-state index in [1.165, 1.54) is 7.11 Å². The van der Waals surface area contributed by atoms with E-state index in [0.29, 0.717) is 26.3 Å². The molecule has 1 unspecified atom stereocenters. The first-order valence-electron chi connectivity index (χ1n) is 6.29. The van der Waals surface area contributed by atoms with Crippen LogP contribution in [0.3, 0.4) is 0 Å². The molecule has 0 N–H and O–H groups in total. The molecule has 102 valence electrons. The molecule has 0 spiro atoms. The van der Waals surface area contributed by atoms with Crippen LogP contribution in [0.5, 0.6) is 0 Å². The Morgan fingerprint density at radius 1 is 1.33 bits per heavy atom.